The zero-order valence-electron chi connectivity index (χ0n) is 7.20. The molecule has 1 aromatic rings. The van der Waals surface area contributed by atoms with Crippen molar-refractivity contribution < 1.29 is 14.3 Å². The first-order valence-electron chi connectivity index (χ1n) is 3.47. The van der Waals surface area contributed by atoms with Gasteiger partial charge < -0.3 is 9.47 Å². The van der Waals surface area contributed by atoms with Crippen LogP contribution in [-0.2, 0) is 4.74 Å². The molecular formula is C8H8BrNO3. The van der Waals surface area contributed by atoms with Gasteiger partial charge in [-0.15, -0.1) is 0 Å². The first-order chi connectivity index (χ1) is 6.19. The average Bonchev–Trinajstić information content (AvgIpc) is 2.16. The predicted octanol–water partition coefficient (Wildman–Crippen LogP) is 1.64. The fourth-order valence-corrected chi connectivity index (χ4v) is 1.25. The average molecular weight is 246 g/mol. The van der Waals surface area contributed by atoms with Crippen molar-refractivity contribution in [2.24, 2.45) is 0 Å². The lowest BCUT2D eigenvalue weighted by Crippen LogP contribution is -2.03. The van der Waals surface area contributed by atoms with Gasteiger partial charge in [0, 0.05) is 16.7 Å². The lowest BCUT2D eigenvalue weighted by Gasteiger charge is -2.03. The normalized spacial score (nSPS) is 9.46. The Bertz CT molecular complexity index is 327. The lowest BCUT2D eigenvalue weighted by atomic mass is 10.3. The molecule has 70 valence electrons. The Balaban J connectivity index is 3.05. The lowest BCUT2D eigenvalue weighted by molar-refractivity contribution is 0.0599. The van der Waals surface area contributed by atoms with Crippen molar-refractivity contribution in [2.45, 2.75) is 0 Å². The van der Waals surface area contributed by atoms with Gasteiger partial charge >= 0.3 is 5.97 Å². The summed E-state index contributed by atoms with van der Waals surface area (Å²) in [6.45, 7) is 0. The molecule has 5 heteroatoms. The van der Waals surface area contributed by atoms with Gasteiger partial charge in [-0.1, -0.05) is 0 Å². The Morgan fingerprint density at radius 3 is 2.69 bits per heavy atom. The zero-order valence-corrected chi connectivity index (χ0v) is 8.79. The predicted molar refractivity (Wildman–Crippen MR) is 49.8 cm³/mol. The van der Waals surface area contributed by atoms with Crippen LogP contribution < -0.4 is 4.74 Å². The van der Waals surface area contributed by atoms with Crippen molar-refractivity contribution in [3.63, 3.8) is 0 Å². The second-order valence-electron chi connectivity index (χ2n) is 2.20. The van der Waals surface area contributed by atoms with E-state index >= 15 is 0 Å². The minimum absolute atomic E-state index is 0.378. The highest BCUT2D eigenvalue weighted by Gasteiger charge is 2.11. The fourth-order valence-electron chi connectivity index (χ4n) is 0.785. The SMILES string of the molecule is COC(=O)c1cnc(OC)cc1Br. The minimum atomic E-state index is -0.429. The molecule has 0 aliphatic rings. The maximum Gasteiger partial charge on any atom is 0.340 e. The first kappa shape index (κ1) is 9.98. The van der Waals surface area contributed by atoms with Crippen molar-refractivity contribution in [1.29, 1.82) is 0 Å². The van der Waals surface area contributed by atoms with Gasteiger partial charge in [0.25, 0.3) is 0 Å². The molecule has 0 fully saturated rings. The van der Waals surface area contributed by atoms with Crippen LogP contribution in [0.15, 0.2) is 16.7 Å². The summed E-state index contributed by atoms with van der Waals surface area (Å²) in [5.74, 6) is 0.0153. The number of nitrogens with zero attached hydrogens (tertiary/aromatic N) is 1. The summed E-state index contributed by atoms with van der Waals surface area (Å²) in [5, 5.41) is 0. The van der Waals surface area contributed by atoms with Crippen molar-refractivity contribution in [3.8, 4) is 5.88 Å². The summed E-state index contributed by atoms with van der Waals surface area (Å²) >= 11 is 3.21. The molecule has 1 heterocycles. The topological polar surface area (TPSA) is 48.4 Å². The Labute approximate surface area is 84.0 Å². The largest absolute Gasteiger partial charge is 0.481 e. The Kier molecular flexibility index (Phi) is 3.25. The number of esters is 1. The molecule has 0 amide bonds. The highest BCUT2D eigenvalue weighted by Crippen LogP contribution is 2.20. The highest BCUT2D eigenvalue weighted by molar-refractivity contribution is 9.10. The van der Waals surface area contributed by atoms with Gasteiger partial charge in [-0.25, -0.2) is 9.78 Å². The summed E-state index contributed by atoms with van der Waals surface area (Å²) in [4.78, 5) is 15.0. The van der Waals surface area contributed by atoms with E-state index in [1.54, 1.807) is 6.07 Å². The standard InChI is InChI=1S/C8H8BrNO3/c1-12-7-3-6(9)5(4-10-7)8(11)13-2/h3-4H,1-2H3. The van der Waals surface area contributed by atoms with E-state index in [9.17, 15) is 4.79 Å². The van der Waals surface area contributed by atoms with E-state index in [1.807, 2.05) is 0 Å². The summed E-state index contributed by atoms with van der Waals surface area (Å²) in [5.41, 5.74) is 0.378. The second kappa shape index (κ2) is 4.23. The van der Waals surface area contributed by atoms with Crippen LogP contribution >= 0.6 is 15.9 Å². The van der Waals surface area contributed by atoms with E-state index in [-0.39, 0.29) is 0 Å². The van der Waals surface area contributed by atoms with E-state index in [0.717, 1.165) is 0 Å². The number of aromatic nitrogens is 1. The number of pyridine rings is 1. The monoisotopic (exact) mass is 245 g/mol. The number of halogens is 1. The molecule has 13 heavy (non-hydrogen) atoms. The smallest absolute Gasteiger partial charge is 0.340 e. The number of carbonyl (C=O) groups is 1. The van der Waals surface area contributed by atoms with E-state index in [0.29, 0.717) is 15.9 Å². The van der Waals surface area contributed by atoms with E-state index in [2.05, 4.69) is 25.7 Å². The highest BCUT2D eigenvalue weighted by atomic mass is 79.9. The molecule has 0 saturated carbocycles. The summed E-state index contributed by atoms with van der Waals surface area (Å²) in [6.07, 6.45) is 1.40. The van der Waals surface area contributed by atoms with Gasteiger partial charge in [-0.2, -0.15) is 0 Å². The van der Waals surface area contributed by atoms with Crippen LogP contribution in [0.25, 0.3) is 0 Å². The maximum atomic E-state index is 11.1. The Hall–Kier alpha value is -1.10. The molecule has 0 N–H and O–H groups in total. The van der Waals surface area contributed by atoms with E-state index < -0.39 is 5.97 Å². The molecule has 0 unspecified atom stereocenters. The Morgan fingerprint density at radius 2 is 2.23 bits per heavy atom. The number of ether oxygens (including phenoxy) is 2. The van der Waals surface area contributed by atoms with Crippen LogP contribution in [-0.4, -0.2) is 25.2 Å². The molecule has 0 bridgehead atoms. The summed E-state index contributed by atoms with van der Waals surface area (Å²) in [6, 6.07) is 1.60. The second-order valence-corrected chi connectivity index (χ2v) is 3.05. The van der Waals surface area contributed by atoms with Crippen LogP contribution in [0.1, 0.15) is 10.4 Å². The Morgan fingerprint density at radius 1 is 1.54 bits per heavy atom. The number of hydrogen-bond donors (Lipinski definition) is 0. The van der Waals surface area contributed by atoms with Gasteiger partial charge in [0.15, 0.2) is 0 Å². The van der Waals surface area contributed by atoms with Crippen LogP contribution in [0.4, 0.5) is 0 Å². The van der Waals surface area contributed by atoms with Crippen LogP contribution in [0.2, 0.25) is 0 Å². The summed E-state index contributed by atoms with van der Waals surface area (Å²) in [7, 11) is 2.82. The van der Waals surface area contributed by atoms with Crippen LogP contribution in [0, 0.1) is 0 Å². The molecule has 0 radical (unpaired) electrons. The fraction of sp³-hybridized carbons (Fsp3) is 0.250. The van der Waals surface area contributed by atoms with E-state index in [4.69, 9.17) is 4.74 Å². The van der Waals surface area contributed by atoms with Gasteiger partial charge in [-0.3, -0.25) is 0 Å². The van der Waals surface area contributed by atoms with Crippen molar-refractivity contribution in [3.05, 3.63) is 22.3 Å². The first-order valence-corrected chi connectivity index (χ1v) is 4.26. The van der Waals surface area contributed by atoms with Gasteiger partial charge in [-0.05, 0) is 15.9 Å². The van der Waals surface area contributed by atoms with Crippen molar-refractivity contribution >= 4 is 21.9 Å². The third-order valence-electron chi connectivity index (χ3n) is 1.44. The van der Waals surface area contributed by atoms with Crippen LogP contribution in [0.5, 0.6) is 5.88 Å². The molecule has 4 nitrogen and oxygen atoms in total. The van der Waals surface area contributed by atoms with Gasteiger partial charge in [0.2, 0.25) is 5.88 Å². The van der Waals surface area contributed by atoms with E-state index in [1.165, 1.54) is 20.4 Å². The third kappa shape index (κ3) is 2.18. The molecule has 0 aliphatic carbocycles. The van der Waals surface area contributed by atoms with Crippen LogP contribution in [0.3, 0.4) is 0 Å². The number of rotatable bonds is 2. The molecular weight excluding hydrogens is 238 g/mol. The molecule has 0 aromatic carbocycles. The molecule has 0 atom stereocenters. The van der Waals surface area contributed by atoms with Gasteiger partial charge in [0.05, 0.1) is 19.8 Å². The number of methoxy groups -OCH3 is 2. The number of hydrogen-bond acceptors (Lipinski definition) is 4. The van der Waals surface area contributed by atoms with Crippen molar-refractivity contribution in [1.82, 2.24) is 4.98 Å². The molecule has 0 aliphatic heterocycles. The molecule has 1 aromatic heterocycles. The van der Waals surface area contributed by atoms with Crippen molar-refractivity contribution in [2.75, 3.05) is 14.2 Å². The quantitative estimate of drug-likeness (QED) is 0.744. The molecule has 0 spiro atoms. The number of carbonyl (C=O) groups excluding carboxylic acids is 1. The minimum Gasteiger partial charge on any atom is -0.481 e. The third-order valence-corrected chi connectivity index (χ3v) is 2.10. The van der Waals surface area contributed by atoms with Gasteiger partial charge in [0.1, 0.15) is 0 Å². The summed E-state index contributed by atoms with van der Waals surface area (Å²) < 4.78 is 10.0. The maximum absolute atomic E-state index is 11.1. The molecule has 1 rings (SSSR count). The molecule has 0 saturated heterocycles. The zero-order chi connectivity index (χ0) is 9.84.